The van der Waals surface area contributed by atoms with E-state index in [1.165, 1.54) is 12.8 Å². The monoisotopic (exact) mass is 283 g/mol. The van der Waals surface area contributed by atoms with Crippen molar-refractivity contribution in [3.05, 3.63) is 28.3 Å². The highest BCUT2D eigenvalue weighted by Crippen LogP contribution is 2.31. The van der Waals surface area contributed by atoms with E-state index < -0.39 is 0 Å². The lowest BCUT2D eigenvalue weighted by atomic mass is 10.0. The molecule has 1 rings (SSSR count). The molecule has 0 aromatic heterocycles. The molecule has 0 atom stereocenters. The van der Waals surface area contributed by atoms with E-state index in [2.05, 4.69) is 25.2 Å². The number of aryl methyl sites for hydroxylation is 1. The number of unbranched alkanes of at least 4 members (excludes halogenated alkanes) is 2. The molecule has 0 saturated heterocycles. The van der Waals surface area contributed by atoms with Crippen molar-refractivity contribution in [2.75, 3.05) is 20.2 Å². The summed E-state index contributed by atoms with van der Waals surface area (Å²) in [6, 6.07) is 4.10. The van der Waals surface area contributed by atoms with Crippen LogP contribution in [0.25, 0.3) is 0 Å². The highest BCUT2D eigenvalue weighted by Gasteiger charge is 2.09. The zero-order chi connectivity index (χ0) is 14.3. The van der Waals surface area contributed by atoms with Crippen LogP contribution in [0.5, 0.6) is 5.75 Å². The Balaban J connectivity index is 2.51. The lowest BCUT2D eigenvalue weighted by molar-refractivity contribution is 0.303. The standard InChI is InChI=1S/C16H26ClNO/c1-12(2)14-11-16(13(3)10-15(14)17)19-9-7-5-6-8-18-4/h10-12,18H,5-9H2,1-4H3. The fourth-order valence-electron chi connectivity index (χ4n) is 2.03. The van der Waals surface area contributed by atoms with Gasteiger partial charge in [-0.1, -0.05) is 25.4 Å². The number of ether oxygens (including phenoxy) is 1. The van der Waals surface area contributed by atoms with Gasteiger partial charge in [0, 0.05) is 5.02 Å². The third-order valence-corrected chi connectivity index (χ3v) is 3.57. The topological polar surface area (TPSA) is 21.3 Å². The van der Waals surface area contributed by atoms with Crippen molar-refractivity contribution in [3.8, 4) is 5.75 Å². The quantitative estimate of drug-likeness (QED) is 0.707. The third-order valence-electron chi connectivity index (χ3n) is 3.24. The van der Waals surface area contributed by atoms with Gasteiger partial charge in [-0.3, -0.25) is 0 Å². The van der Waals surface area contributed by atoms with Gasteiger partial charge in [0.05, 0.1) is 6.61 Å². The van der Waals surface area contributed by atoms with Gasteiger partial charge in [-0.05, 0) is 69.0 Å². The third kappa shape index (κ3) is 5.42. The summed E-state index contributed by atoms with van der Waals surface area (Å²) in [6.07, 6.45) is 3.50. The molecule has 0 aliphatic rings. The molecule has 1 aromatic carbocycles. The first kappa shape index (κ1) is 16.3. The Morgan fingerprint density at radius 1 is 1.21 bits per heavy atom. The summed E-state index contributed by atoms with van der Waals surface area (Å²) in [6.45, 7) is 8.21. The fourth-order valence-corrected chi connectivity index (χ4v) is 2.47. The largest absolute Gasteiger partial charge is 0.493 e. The summed E-state index contributed by atoms with van der Waals surface area (Å²) in [5, 5.41) is 4.00. The molecule has 0 aliphatic carbocycles. The van der Waals surface area contributed by atoms with Crippen LogP contribution in [0.2, 0.25) is 5.02 Å². The van der Waals surface area contributed by atoms with Gasteiger partial charge in [0.25, 0.3) is 0 Å². The minimum absolute atomic E-state index is 0.422. The van der Waals surface area contributed by atoms with Gasteiger partial charge in [-0.25, -0.2) is 0 Å². The van der Waals surface area contributed by atoms with Crippen molar-refractivity contribution < 1.29 is 4.74 Å². The van der Waals surface area contributed by atoms with E-state index in [9.17, 15) is 0 Å². The smallest absolute Gasteiger partial charge is 0.122 e. The maximum absolute atomic E-state index is 6.25. The molecule has 19 heavy (non-hydrogen) atoms. The van der Waals surface area contributed by atoms with Crippen molar-refractivity contribution in [1.82, 2.24) is 5.32 Å². The SMILES string of the molecule is CNCCCCCOc1cc(C(C)C)c(Cl)cc1C. The predicted octanol–water partition coefficient (Wildman–Crippen LogP) is 4.54. The highest BCUT2D eigenvalue weighted by molar-refractivity contribution is 6.31. The van der Waals surface area contributed by atoms with E-state index in [1.807, 2.05) is 20.0 Å². The Kier molecular flexibility index (Phi) is 7.25. The number of hydrogen-bond donors (Lipinski definition) is 1. The molecule has 0 spiro atoms. The minimum Gasteiger partial charge on any atom is -0.493 e. The molecule has 108 valence electrons. The van der Waals surface area contributed by atoms with E-state index in [1.54, 1.807) is 0 Å². The number of halogens is 1. The van der Waals surface area contributed by atoms with Crippen LogP contribution in [0, 0.1) is 6.92 Å². The molecule has 0 amide bonds. The Morgan fingerprint density at radius 2 is 1.95 bits per heavy atom. The molecule has 1 N–H and O–H groups in total. The van der Waals surface area contributed by atoms with Gasteiger partial charge in [0.1, 0.15) is 5.75 Å². The molecule has 0 unspecified atom stereocenters. The fraction of sp³-hybridized carbons (Fsp3) is 0.625. The average Bonchev–Trinajstić information content (AvgIpc) is 2.35. The maximum Gasteiger partial charge on any atom is 0.122 e. The molecule has 3 heteroatoms. The molecular formula is C16H26ClNO. The second kappa shape index (κ2) is 8.44. The zero-order valence-electron chi connectivity index (χ0n) is 12.6. The van der Waals surface area contributed by atoms with Crippen molar-refractivity contribution in [1.29, 1.82) is 0 Å². The summed E-state index contributed by atoms with van der Waals surface area (Å²) < 4.78 is 5.88. The van der Waals surface area contributed by atoms with E-state index in [-0.39, 0.29) is 0 Å². The lowest BCUT2D eigenvalue weighted by Crippen LogP contribution is -2.08. The summed E-state index contributed by atoms with van der Waals surface area (Å²) >= 11 is 6.25. The van der Waals surface area contributed by atoms with E-state index >= 15 is 0 Å². The number of nitrogens with one attached hydrogen (secondary N) is 1. The molecule has 0 fully saturated rings. The second-order valence-electron chi connectivity index (χ2n) is 5.31. The van der Waals surface area contributed by atoms with Crippen molar-refractivity contribution >= 4 is 11.6 Å². The van der Waals surface area contributed by atoms with Gasteiger partial charge in [-0.2, -0.15) is 0 Å². The van der Waals surface area contributed by atoms with Crippen LogP contribution in [0.3, 0.4) is 0 Å². The molecule has 0 heterocycles. The van der Waals surface area contributed by atoms with Crippen LogP contribution in [0.1, 0.15) is 50.2 Å². The van der Waals surface area contributed by atoms with Gasteiger partial charge in [0.15, 0.2) is 0 Å². The van der Waals surface area contributed by atoms with Gasteiger partial charge in [0.2, 0.25) is 0 Å². The van der Waals surface area contributed by atoms with Gasteiger partial charge in [-0.15, -0.1) is 0 Å². The Bertz CT molecular complexity index is 391. The van der Waals surface area contributed by atoms with Crippen molar-refractivity contribution in [2.45, 2.75) is 46.0 Å². The van der Waals surface area contributed by atoms with E-state index in [0.717, 1.165) is 41.5 Å². The Hall–Kier alpha value is -0.730. The van der Waals surface area contributed by atoms with E-state index in [4.69, 9.17) is 16.3 Å². The number of benzene rings is 1. The molecule has 0 aliphatic heterocycles. The summed E-state index contributed by atoms with van der Waals surface area (Å²) in [5.41, 5.74) is 2.28. The highest BCUT2D eigenvalue weighted by atomic mass is 35.5. The normalized spacial score (nSPS) is 11.1. The molecule has 0 saturated carbocycles. The maximum atomic E-state index is 6.25. The number of hydrogen-bond acceptors (Lipinski definition) is 2. The summed E-state index contributed by atoms with van der Waals surface area (Å²) in [4.78, 5) is 0. The summed E-state index contributed by atoms with van der Waals surface area (Å²) in [7, 11) is 1.99. The summed E-state index contributed by atoms with van der Waals surface area (Å²) in [5.74, 6) is 1.40. The van der Waals surface area contributed by atoms with Crippen molar-refractivity contribution in [3.63, 3.8) is 0 Å². The van der Waals surface area contributed by atoms with Crippen LogP contribution in [-0.4, -0.2) is 20.2 Å². The molecule has 0 bridgehead atoms. The molecule has 2 nitrogen and oxygen atoms in total. The molecule has 1 aromatic rings. The van der Waals surface area contributed by atoms with Crippen LogP contribution >= 0.6 is 11.6 Å². The first-order chi connectivity index (χ1) is 9.06. The second-order valence-corrected chi connectivity index (χ2v) is 5.71. The zero-order valence-corrected chi connectivity index (χ0v) is 13.3. The number of rotatable bonds is 8. The minimum atomic E-state index is 0.422. The molecule has 0 radical (unpaired) electrons. The first-order valence-electron chi connectivity index (χ1n) is 7.13. The van der Waals surface area contributed by atoms with Crippen molar-refractivity contribution in [2.24, 2.45) is 0 Å². The van der Waals surface area contributed by atoms with Crippen LogP contribution in [0.4, 0.5) is 0 Å². The first-order valence-corrected chi connectivity index (χ1v) is 7.51. The van der Waals surface area contributed by atoms with Crippen LogP contribution < -0.4 is 10.1 Å². The Labute approximate surface area is 122 Å². The van der Waals surface area contributed by atoms with Crippen LogP contribution in [-0.2, 0) is 0 Å². The molecular weight excluding hydrogens is 258 g/mol. The van der Waals surface area contributed by atoms with Gasteiger partial charge >= 0.3 is 0 Å². The van der Waals surface area contributed by atoms with Crippen LogP contribution in [0.15, 0.2) is 12.1 Å². The van der Waals surface area contributed by atoms with E-state index in [0.29, 0.717) is 5.92 Å². The van der Waals surface area contributed by atoms with Gasteiger partial charge < -0.3 is 10.1 Å². The lowest BCUT2D eigenvalue weighted by Gasteiger charge is -2.14. The predicted molar refractivity (Wildman–Crippen MR) is 83.6 cm³/mol. The Morgan fingerprint density at radius 3 is 2.58 bits per heavy atom. The average molecular weight is 284 g/mol.